The Balaban J connectivity index is 0. The first-order valence-corrected chi connectivity index (χ1v) is 15.8. The standard InChI is InChI=1S/C10H16N2O6S2.C7H12O5S2/c1-3-19(15,16)7-9(13)11-5-6-12-10(14)8-20(17,18)4-2;1-3-13(9,10)5-7(8)6-14(11,12)4-2/h3-4H,1-2,5-8H2,(H,11,13)(H,12,14);3-4,7-8H,1-2,5-6H2. The van der Waals surface area contributed by atoms with E-state index in [4.69, 9.17) is 5.11 Å². The lowest BCUT2D eigenvalue weighted by molar-refractivity contribution is -0.120. The summed E-state index contributed by atoms with van der Waals surface area (Å²) in [4.78, 5) is 22.4. The van der Waals surface area contributed by atoms with Crippen molar-refractivity contribution in [3.05, 3.63) is 47.9 Å². The van der Waals surface area contributed by atoms with Gasteiger partial charge in [0, 0.05) is 34.7 Å². The smallest absolute Gasteiger partial charge is 0.235 e. The van der Waals surface area contributed by atoms with Crippen LogP contribution in [0.25, 0.3) is 0 Å². The van der Waals surface area contributed by atoms with E-state index in [1.807, 2.05) is 0 Å². The van der Waals surface area contributed by atoms with E-state index in [0.29, 0.717) is 21.6 Å². The van der Waals surface area contributed by atoms with Crippen LogP contribution in [0.5, 0.6) is 0 Å². The van der Waals surface area contributed by atoms with E-state index in [-0.39, 0.29) is 13.1 Å². The van der Waals surface area contributed by atoms with Gasteiger partial charge in [0.1, 0.15) is 11.5 Å². The van der Waals surface area contributed by atoms with E-state index in [0.717, 1.165) is 0 Å². The lowest BCUT2D eigenvalue weighted by atomic mass is 10.5. The van der Waals surface area contributed by atoms with Crippen molar-refractivity contribution < 1.29 is 48.4 Å². The second-order valence-electron chi connectivity index (χ2n) is 6.29. The fourth-order valence-corrected chi connectivity index (χ4v) is 4.61. The molecule has 0 aliphatic heterocycles. The van der Waals surface area contributed by atoms with Gasteiger partial charge in [0.25, 0.3) is 0 Å². The van der Waals surface area contributed by atoms with Gasteiger partial charge in [0.2, 0.25) is 11.8 Å². The van der Waals surface area contributed by atoms with Crippen LogP contribution in [0.3, 0.4) is 0 Å². The number of aliphatic hydroxyl groups excluding tert-OH is 1. The summed E-state index contributed by atoms with van der Waals surface area (Å²) in [5.41, 5.74) is 0. The van der Waals surface area contributed by atoms with Crippen LogP contribution in [0.1, 0.15) is 0 Å². The molecule has 0 bridgehead atoms. The van der Waals surface area contributed by atoms with E-state index < -0.39 is 80.3 Å². The highest BCUT2D eigenvalue weighted by Crippen LogP contribution is 2.01. The molecule has 3 N–H and O–H groups in total. The van der Waals surface area contributed by atoms with Crippen LogP contribution >= 0.6 is 0 Å². The first-order chi connectivity index (χ1) is 15.3. The molecule has 34 heavy (non-hydrogen) atoms. The maximum atomic E-state index is 11.2. The van der Waals surface area contributed by atoms with Crippen LogP contribution in [-0.2, 0) is 48.9 Å². The number of carbonyl (C=O) groups excluding carboxylic acids is 2. The van der Waals surface area contributed by atoms with Crippen molar-refractivity contribution in [3.63, 3.8) is 0 Å². The number of aliphatic hydroxyl groups is 1. The van der Waals surface area contributed by atoms with Crippen LogP contribution < -0.4 is 10.6 Å². The van der Waals surface area contributed by atoms with Crippen molar-refractivity contribution >= 4 is 51.2 Å². The van der Waals surface area contributed by atoms with Gasteiger partial charge >= 0.3 is 0 Å². The molecule has 0 aromatic rings. The average molecular weight is 565 g/mol. The van der Waals surface area contributed by atoms with Crippen molar-refractivity contribution in [1.82, 2.24) is 10.6 Å². The molecule has 13 nitrogen and oxygen atoms in total. The Morgan fingerprint density at radius 1 is 0.618 bits per heavy atom. The largest absolute Gasteiger partial charge is 0.391 e. The zero-order valence-electron chi connectivity index (χ0n) is 18.1. The summed E-state index contributed by atoms with van der Waals surface area (Å²) in [7, 11) is -14.4. The zero-order chi connectivity index (χ0) is 27.2. The highest BCUT2D eigenvalue weighted by molar-refractivity contribution is 7.95. The normalized spacial score (nSPS) is 11.9. The molecule has 196 valence electrons. The number of sulfone groups is 4. The van der Waals surface area contributed by atoms with E-state index in [2.05, 4.69) is 36.9 Å². The molecule has 0 saturated heterocycles. The molecule has 0 unspecified atom stereocenters. The average Bonchev–Trinajstić information content (AvgIpc) is 2.70. The second-order valence-corrected chi connectivity index (χ2v) is 14.2. The van der Waals surface area contributed by atoms with Crippen molar-refractivity contribution in [2.24, 2.45) is 0 Å². The summed E-state index contributed by atoms with van der Waals surface area (Å²) in [6.45, 7) is 12.1. The topological polar surface area (TPSA) is 215 Å². The van der Waals surface area contributed by atoms with Gasteiger partial charge in [0.05, 0.1) is 17.6 Å². The van der Waals surface area contributed by atoms with Crippen molar-refractivity contribution in [3.8, 4) is 0 Å². The Kier molecular flexibility index (Phi) is 14.7. The Morgan fingerprint density at radius 2 is 0.882 bits per heavy atom. The van der Waals surface area contributed by atoms with Gasteiger partial charge in [-0.05, 0) is 0 Å². The second kappa shape index (κ2) is 14.8. The molecular weight excluding hydrogens is 536 g/mol. The van der Waals surface area contributed by atoms with E-state index >= 15 is 0 Å². The molecule has 0 spiro atoms. The maximum absolute atomic E-state index is 11.2. The monoisotopic (exact) mass is 564 g/mol. The van der Waals surface area contributed by atoms with Gasteiger partial charge in [-0.15, -0.1) is 0 Å². The number of hydrogen-bond donors (Lipinski definition) is 3. The Labute approximate surface area is 200 Å². The minimum Gasteiger partial charge on any atom is -0.391 e. The third-order valence-corrected chi connectivity index (χ3v) is 8.36. The minimum atomic E-state index is -3.63. The molecule has 0 saturated carbocycles. The van der Waals surface area contributed by atoms with Crippen LogP contribution in [0.15, 0.2) is 47.9 Å². The van der Waals surface area contributed by atoms with Crippen LogP contribution in [0.2, 0.25) is 0 Å². The highest BCUT2D eigenvalue weighted by atomic mass is 32.2. The molecule has 0 aliphatic carbocycles. The van der Waals surface area contributed by atoms with Gasteiger partial charge in [-0.1, -0.05) is 26.3 Å². The molecule has 0 atom stereocenters. The van der Waals surface area contributed by atoms with Gasteiger partial charge in [0.15, 0.2) is 39.3 Å². The molecule has 0 aliphatic rings. The molecule has 0 aromatic heterocycles. The third kappa shape index (κ3) is 18.1. The Bertz CT molecular complexity index is 1090. The summed E-state index contributed by atoms with van der Waals surface area (Å²) in [5.74, 6) is -4.23. The number of hydrogen-bond acceptors (Lipinski definition) is 11. The third-order valence-electron chi connectivity index (χ3n) is 3.30. The van der Waals surface area contributed by atoms with E-state index in [1.165, 1.54) is 0 Å². The van der Waals surface area contributed by atoms with E-state index in [9.17, 15) is 43.3 Å². The number of amides is 2. The van der Waals surface area contributed by atoms with Crippen molar-refractivity contribution in [1.29, 1.82) is 0 Å². The minimum absolute atomic E-state index is 0.0224. The molecule has 0 fully saturated rings. The zero-order valence-corrected chi connectivity index (χ0v) is 21.4. The predicted octanol–water partition coefficient (Wildman–Crippen LogP) is -2.20. The molecular formula is C17H28N2O11S4. The van der Waals surface area contributed by atoms with Crippen LogP contribution in [0, 0.1) is 0 Å². The summed E-state index contributed by atoms with van der Waals surface area (Å²) >= 11 is 0. The predicted molar refractivity (Wildman–Crippen MR) is 128 cm³/mol. The van der Waals surface area contributed by atoms with Crippen molar-refractivity contribution in [2.75, 3.05) is 36.1 Å². The van der Waals surface area contributed by atoms with Gasteiger partial charge in [-0.3, -0.25) is 9.59 Å². The van der Waals surface area contributed by atoms with Crippen molar-refractivity contribution in [2.45, 2.75) is 6.10 Å². The van der Waals surface area contributed by atoms with Crippen LogP contribution in [0.4, 0.5) is 0 Å². The fraction of sp³-hybridized carbons (Fsp3) is 0.412. The molecule has 0 aromatic carbocycles. The molecule has 0 heterocycles. The number of carbonyl (C=O) groups is 2. The molecule has 2 amide bonds. The number of rotatable bonds is 15. The van der Waals surface area contributed by atoms with E-state index in [1.54, 1.807) is 0 Å². The fourth-order valence-electron chi connectivity index (χ4n) is 1.71. The lowest BCUT2D eigenvalue weighted by Crippen LogP contribution is -2.38. The van der Waals surface area contributed by atoms with Gasteiger partial charge < -0.3 is 15.7 Å². The summed E-state index contributed by atoms with van der Waals surface area (Å²) in [6.07, 6.45) is -1.46. The van der Waals surface area contributed by atoms with Gasteiger partial charge in [-0.2, -0.15) is 0 Å². The Morgan fingerprint density at radius 3 is 1.12 bits per heavy atom. The highest BCUT2D eigenvalue weighted by Gasteiger charge is 2.19. The molecule has 17 heteroatoms. The Hall–Kier alpha value is -2.34. The maximum Gasteiger partial charge on any atom is 0.235 e. The first-order valence-electron chi connectivity index (χ1n) is 8.96. The lowest BCUT2D eigenvalue weighted by Gasteiger charge is -2.07. The first kappa shape index (κ1) is 33.8. The molecule has 0 rings (SSSR count). The summed E-state index contributed by atoms with van der Waals surface area (Å²) in [5, 5.41) is 16.3. The van der Waals surface area contributed by atoms with Gasteiger partial charge in [-0.25, -0.2) is 33.7 Å². The summed E-state index contributed by atoms with van der Waals surface area (Å²) < 4.78 is 87.6. The quantitative estimate of drug-likeness (QED) is 0.181. The summed E-state index contributed by atoms with van der Waals surface area (Å²) in [6, 6.07) is 0. The SMILES string of the molecule is C=CS(=O)(=O)CC(=O)NCCNC(=O)CS(=O)(=O)C=C.C=CS(=O)(=O)CC(O)CS(=O)(=O)C=C. The van der Waals surface area contributed by atoms with Crippen LogP contribution in [-0.4, -0.2) is 92.8 Å². The molecule has 0 radical (unpaired) electrons. The number of nitrogens with one attached hydrogen (secondary N) is 2.